The number of para-hydroxylation sites is 1. The Kier molecular flexibility index (Phi) is 6.22. The highest BCUT2D eigenvalue weighted by Gasteiger charge is 2.27. The number of fused-ring (bicyclic) bond motifs is 1. The predicted molar refractivity (Wildman–Crippen MR) is 120 cm³/mol. The summed E-state index contributed by atoms with van der Waals surface area (Å²) in [6.07, 6.45) is -0.694. The topological polar surface area (TPSA) is 48.8 Å². The zero-order valence-electron chi connectivity index (χ0n) is 17.5. The highest BCUT2D eigenvalue weighted by Crippen LogP contribution is 2.32. The summed E-state index contributed by atoms with van der Waals surface area (Å²) in [7, 11) is 0. The lowest BCUT2D eigenvalue weighted by Crippen LogP contribution is -2.51. The van der Waals surface area contributed by atoms with Crippen LogP contribution in [-0.4, -0.2) is 53.4 Å². The lowest BCUT2D eigenvalue weighted by Gasteiger charge is -2.40. The van der Waals surface area contributed by atoms with Crippen LogP contribution >= 0.6 is 11.3 Å². The van der Waals surface area contributed by atoms with Gasteiger partial charge in [-0.15, -0.1) is 0 Å². The van der Waals surface area contributed by atoms with Gasteiger partial charge in [0.15, 0.2) is 16.7 Å². The number of aromatic nitrogens is 1. The van der Waals surface area contributed by atoms with Gasteiger partial charge in [0.1, 0.15) is 12.7 Å². The molecule has 4 rings (SSSR count). The molecule has 1 aliphatic heterocycles. The van der Waals surface area contributed by atoms with Gasteiger partial charge in [-0.25, -0.2) is 9.37 Å². The number of ether oxygens (including phenoxy) is 1. The molecule has 1 aliphatic rings. The molecule has 1 radical (unpaired) electrons. The summed E-state index contributed by atoms with van der Waals surface area (Å²) < 4.78 is 20.3. The number of nitrogens with zero attached hydrogens (tertiary/aromatic N) is 3. The van der Waals surface area contributed by atoms with E-state index in [0.29, 0.717) is 6.54 Å². The highest BCUT2D eigenvalue weighted by molar-refractivity contribution is 7.22. The molecule has 2 heterocycles. The summed E-state index contributed by atoms with van der Waals surface area (Å²) in [6, 6.07) is 10.8. The van der Waals surface area contributed by atoms with Gasteiger partial charge >= 0.3 is 0 Å². The first-order valence-corrected chi connectivity index (χ1v) is 11.0. The molecule has 0 spiro atoms. The molecule has 1 N–H and O–H groups in total. The molecule has 2 atom stereocenters. The van der Waals surface area contributed by atoms with Crippen LogP contribution in [0.3, 0.4) is 0 Å². The van der Waals surface area contributed by atoms with E-state index in [-0.39, 0.29) is 18.4 Å². The van der Waals surface area contributed by atoms with Crippen molar-refractivity contribution in [1.82, 2.24) is 9.88 Å². The quantitative estimate of drug-likeness (QED) is 0.639. The van der Waals surface area contributed by atoms with Gasteiger partial charge < -0.3 is 14.7 Å². The molecular formula is C23H27FN3O2S. The van der Waals surface area contributed by atoms with E-state index >= 15 is 0 Å². The van der Waals surface area contributed by atoms with Crippen molar-refractivity contribution in [2.75, 3.05) is 31.1 Å². The lowest BCUT2D eigenvalue weighted by molar-refractivity contribution is 0.0548. The van der Waals surface area contributed by atoms with Crippen molar-refractivity contribution in [2.24, 2.45) is 0 Å². The first kappa shape index (κ1) is 21.0. The van der Waals surface area contributed by atoms with Crippen molar-refractivity contribution < 1.29 is 14.2 Å². The maximum absolute atomic E-state index is 13.7. The molecule has 2 aromatic carbocycles. The number of aryl methyl sites for hydroxylation is 2. The molecule has 0 aliphatic carbocycles. The molecule has 0 bridgehead atoms. The van der Waals surface area contributed by atoms with Gasteiger partial charge in [0.2, 0.25) is 0 Å². The summed E-state index contributed by atoms with van der Waals surface area (Å²) in [5.74, 6) is -0.247. The molecule has 5 nitrogen and oxygen atoms in total. The van der Waals surface area contributed by atoms with E-state index in [4.69, 9.17) is 9.72 Å². The van der Waals surface area contributed by atoms with Crippen molar-refractivity contribution in [3.8, 4) is 5.75 Å². The molecule has 0 amide bonds. The molecule has 1 saturated heterocycles. The number of piperazine rings is 1. The number of halogens is 1. The SMILES string of the molecule is Cc1cc2nc(N3[CH]C(C)N(CC(O)COc4ccccc4F)CC3)sc2cc1C. The van der Waals surface area contributed by atoms with Gasteiger partial charge in [0.25, 0.3) is 0 Å². The van der Waals surface area contributed by atoms with Gasteiger partial charge in [-0.2, -0.15) is 0 Å². The minimum absolute atomic E-state index is 0.0600. The van der Waals surface area contributed by atoms with E-state index in [1.54, 1.807) is 29.5 Å². The van der Waals surface area contributed by atoms with Crippen molar-refractivity contribution in [2.45, 2.75) is 32.9 Å². The first-order chi connectivity index (χ1) is 14.4. The second-order valence-corrected chi connectivity index (χ2v) is 8.88. The highest BCUT2D eigenvalue weighted by atomic mass is 32.1. The van der Waals surface area contributed by atoms with Crippen LogP contribution in [0.25, 0.3) is 10.2 Å². The van der Waals surface area contributed by atoms with Crippen molar-refractivity contribution in [3.63, 3.8) is 0 Å². The van der Waals surface area contributed by atoms with Gasteiger partial charge in [-0.1, -0.05) is 23.5 Å². The fourth-order valence-electron chi connectivity index (χ4n) is 3.65. The normalized spacial score (nSPS) is 18.7. The van der Waals surface area contributed by atoms with Crippen LogP contribution in [-0.2, 0) is 0 Å². The monoisotopic (exact) mass is 428 g/mol. The van der Waals surface area contributed by atoms with Gasteiger partial charge in [0, 0.05) is 25.7 Å². The fraction of sp³-hybridized carbons (Fsp3) is 0.391. The Morgan fingerprint density at radius 3 is 2.77 bits per heavy atom. The Hall–Kier alpha value is -2.22. The molecule has 1 aromatic heterocycles. The van der Waals surface area contributed by atoms with Crippen LogP contribution in [0.4, 0.5) is 9.52 Å². The maximum Gasteiger partial charge on any atom is 0.186 e. The van der Waals surface area contributed by atoms with Crippen LogP contribution in [0.15, 0.2) is 36.4 Å². The number of hydrogen-bond acceptors (Lipinski definition) is 6. The van der Waals surface area contributed by atoms with Gasteiger partial charge in [0.05, 0.1) is 16.8 Å². The van der Waals surface area contributed by atoms with Crippen LogP contribution in [0.5, 0.6) is 5.75 Å². The Balaban J connectivity index is 1.33. The predicted octanol–water partition coefficient (Wildman–Crippen LogP) is 4.16. The average Bonchev–Trinajstić information content (AvgIpc) is 3.12. The third-order valence-corrected chi connectivity index (χ3v) is 6.61. The minimum atomic E-state index is -0.694. The third kappa shape index (κ3) is 4.58. The van der Waals surface area contributed by atoms with Crippen LogP contribution in [0, 0.1) is 26.2 Å². The third-order valence-electron chi connectivity index (χ3n) is 5.55. The van der Waals surface area contributed by atoms with E-state index in [1.807, 2.05) is 0 Å². The summed E-state index contributed by atoms with van der Waals surface area (Å²) in [6.45, 7) is 10.7. The molecular weight excluding hydrogens is 401 g/mol. The minimum Gasteiger partial charge on any atom is -0.488 e. The molecule has 0 saturated carbocycles. The van der Waals surface area contributed by atoms with Gasteiger partial charge in [-0.05, 0) is 56.2 Å². The molecule has 2 unspecified atom stereocenters. The van der Waals surface area contributed by atoms with Crippen LogP contribution < -0.4 is 9.64 Å². The number of rotatable bonds is 6. The Labute approximate surface area is 180 Å². The average molecular weight is 429 g/mol. The molecule has 30 heavy (non-hydrogen) atoms. The standard InChI is InChI=1S/C23H27FN3O2S/c1-15-10-20-22(11-16(15)2)30-23(25-20)27-9-8-26(17(3)12-27)13-18(28)14-29-21-7-5-4-6-19(21)24/h4-7,10-12,17-18,28H,8-9,13-14H2,1-3H3. The zero-order chi connectivity index (χ0) is 21.3. The number of anilines is 1. The number of β-amino-alcohol motifs (C(OH)–C–C–N with tert-alkyl or cyclic N) is 1. The Bertz CT molecular complexity index is 986. The van der Waals surface area contributed by atoms with E-state index < -0.39 is 11.9 Å². The number of aliphatic hydroxyl groups excluding tert-OH is 1. The van der Waals surface area contributed by atoms with E-state index in [9.17, 15) is 9.50 Å². The van der Waals surface area contributed by atoms with E-state index in [0.717, 1.165) is 23.7 Å². The molecule has 1 fully saturated rings. The van der Waals surface area contributed by atoms with Crippen molar-refractivity contribution in [1.29, 1.82) is 0 Å². The summed E-state index contributed by atoms with van der Waals surface area (Å²) >= 11 is 1.71. The zero-order valence-corrected chi connectivity index (χ0v) is 18.3. The smallest absolute Gasteiger partial charge is 0.186 e. The molecule has 159 valence electrons. The summed E-state index contributed by atoms with van der Waals surface area (Å²) in [4.78, 5) is 9.23. The number of benzene rings is 2. The Morgan fingerprint density at radius 1 is 1.23 bits per heavy atom. The first-order valence-electron chi connectivity index (χ1n) is 10.2. The summed E-state index contributed by atoms with van der Waals surface area (Å²) in [5, 5.41) is 11.4. The largest absolute Gasteiger partial charge is 0.488 e. The lowest BCUT2D eigenvalue weighted by atomic mass is 10.1. The van der Waals surface area contributed by atoms with E-state index in [2.05, 4.69) is 49.2 Å². The second kappa shape index (κ2) is 8.88. The summed E-state index contributed by atoms with van der Waals surface area (Å²) in [5.41, 5.74) is 3.59. The van der Waals surface area contributed by atoms with Crippen LogP contribution in [0.1, 0.15) is 18.1 Å². The number of aliphatic hydroxyl groups is 1. The molecule has 7 heteroatoms. The Morgan fingerprint density at radius 2 is 2.00 bits per heavy atom. The van der Waals surface area contributed by atoms with Gasteiger partial charge in [-0.3, -0.25) is 4.90 Å². The molecule has 3 aromatic rings. The van der Waals surface area contributed by atoms with Crippen molar-refractivity contribution >= 4 is 26.7 Å². The second-order valence-electron chi connectivity index (χ2n) is 7.87. The maximum atomic E-state index is 13.7. The van der Waals surface area contributed by atoms with Crippen LogP contribution in [0.2, 0.25) is 0 Å². The number of thiazole rings is 1. The van der Waals surface area contributed by atoms with Crippen molar-refractivity contribution in [3.05, 3.63) is 59.9 Å². The fourth-order valence-corrected chi connectivity index (χ4v) is 4.70. The number of hydrogen-bond donors (Lipinski definition) is 1. The van der Waals surface area contributed by atoms with E-state index in [1.165, 1.54) is 21.9 Å².